The van der Waals surface area contributed by atoms with Crippen molar-refractivity contribution < 1.29 is 19.3 Å². The highest BCUT2D eigenvalue weighted by molar-refractivity contribution is 5.30. The Kier molecular flexibility index (Phi) is 4.19. The predicted octanol–water partition coefficient (Wildman–Crippen LogP) is 2.56. The molecule has 1 saturated carbocycles. The normalized spacial score (nSPS) is 25.8. The van der Waals surface area contributed by atoms with Crippen molar-refractivity contribution in [2.24, 2.45) is 0 Å². The fraction of sp³-hybridized carbons (Fsp3) is 0.571. The molecule has 1 fully saturated rings. The van der Waals surface area contributed by atoms with Gasteiger partial charge in [0.15, 0.2) is 0 Å². The van der Waals surface area contributed by atoms with Gasteiger partial charge in [-0.15, -0.1) is 0 Å². The first kappa shape index (κ1) is 13.3. The van der Waals surface area contributed by atoms with E-state index in [-0.39, 0.29) is 11.7 Å². The molecule has 0 bridgehead atoms. The summed E-state index contributed by atoms with van der Waals surface area (Å²) in [5.74, 6) is -0.0735. The van der Waals surface area contributed by atoms with E-state index in [1.54, 1.807) is 6.07 Å². The molecule has 2 unspecified atom stereocenters. The van der Waals surface area contributed by atoms with E-state index in [0.29, 0.717) is 5.75 Å². The second-order valence-corrected chi connectivity index (χ2v) is 4.87. The summed E-state index contributed by atoms with van der Waals surface area (Å²) in [7, 11) is 0. The van der Waals surface area contributed by atoms with Gasteiger partial charge in [-0.25, -0.2) is 4.39 Å². The van der Waals surface area contributed by atoms with E-state index in [0.717, 1.165) is 25.7 Å². The highest BCUT2D eigenvalue weighted by Gasteiger charge is 2.24. The van der Waals surface area contributed by atoms with Gasteiger partial charge in [-0.2, -0.15) is 0 Å². The van der Waals surface area contributed by atoms with Gasteiger partial charge in [-0.05, 0) is 38.3 Å². The van der Waals surface area contributed by atoms with Crippen LogP contribution in [0.25, 0.3) is 0 Å². The van der Waals surface area contributed by atoms with Crippen LogP contribution in [0.15, 0.2) is 18.2 Å². The third-order valence-electron chi connectivity index (χ3n) is 3.38. The van der Waals surface area contributed by atoms with Gasteiger partial charge in [0.2, 0.25) is 0 Å². The smallest absolute Gasteiger partial charge is 0.132 e. The van der Waals surface area contributed by atoms with Crippen LogP contribution in [0.1, 0.15) is 44.3 Å². The molecule has 0 spiro atoms. The van der Waals surface area contributed by atoms with Crippen LogP contribution < -0.4 is 4.74 Å². The Morgan fingerprint density at radius 1 is 1.33 bits per heavy atom. The van der Waals surface area contributed by atoms with Crippen LogP contribution in [0.5, 0.6) is 5.75 Å². The van der Waals surface area contributed by atoms with E-state index in [2.05, 4.69) is 0 Å². The Labute approximate surface area is 106 Å². The molecule has 0 aromatic heterocycles. The van der Waals surface area contributed by atoms with Crippen molar-refractivity contribution in [3.8, 4) is 5.75 Å². The number of aliphatic hydroxyl groups excluding tert-OH is 2. The number of hydrogen-bond donors (Lipinski definition) is 2. The SMILES string of the molecule is C[C@H](O)c1ccc(OC2CCCCC2O)cc1F. The molecular formula is C14H19FO3. The van der Waals surface area contributed by atoms with Gasteiger partial charge < -0.3 is 14.9 Å². The summed E-state index contributed by atoms with van der Waals surface area (Å²) in [5.41, 5.74) is 0.256. The Hall–Kier alpha value is -1.13. The summed E-state index contributed by atoms with van der Waals surface area (Å²) in [6.45, 7) is 1.52. The number of benzene rings is 1. The largest absolute Gasteiger partial charge is 0.488 e. The average Bonchev–Trinajstić information content (AvgIpc) is 2.32. The minimum absolute atomic E-state index is 0.254. The first-order valence-electron chi connectivity index (χ1n) is 6.40. The highest BCUT2D eigenvalue weighted by atomic mass is 19.1. The first-order chi connectivity index (χ1) is 8.58. The summed E-state index contributed by atoms with van der Waals surface area (Å²) in [5, 5.41) is 19.1. The third kappa shape index (κ3) is 3.00. The molecule has 0 radical (unpaired) electrons. The first-order valence-corrected chi connectivity index (χ1v) is 6.40. The molecule has 18 heavy (non-hydrogen) atoms. The van der Waals surface area contributed by atoms with Crippen LogP contribution in [0.3, 0.4) is 0 Å². The molecule has 0 amide bonds. The van der Waals surface area contributed by atoms with Gasteiger partial charge >= 0.3 is 0 Å². The molecule has 3 nitrogen and oxygen atoms in total. The molecular weight excluding hydrogens is 235 g/mol. The number of rotatable bonds is 3. The van der Waals surface area contributed by atoms with E-state index in [9.17, 15) is 14.6 Å². The van der Waals surface area contributed by atoms with Crippen molar-refractivity contribution in [1.29, 1.82) is 0 Å². The summed E-state index contributed by atoms with van der Waals surface area (Å²) in [4.78, 5) is 0. The topological polar surface area (TPSA) is 49.7 Å². The predicted molar refractivity (Wildman–Crippen MR) is 65.9 cm³/mol. The second-order valence-electron chi connectivity index (χ2n) is 4.87. The Balaban J connectivity index is 2.07. The molecule has 100 valence electrons. The maximum absolute atomic E-state index is 13.6. The molecule has 0 saturated heterocycles. The van der Waals surface area contributed by atoms with Crippen LogP contribution in [-0.4, -0.2) is 22.4 Å². The lowest BCUT2D eigenvalue weighted by Crippen LogP contribution is -2.34. The maximum Gasteiger partial charge on any atom is 0.132 e. The molecule has 1 aliphatic carbocycles. The van der Waals surface area contributed by atoms with E-state index in [4.69, 9.17) is 4.74 Å². The monoisotopic (exact) mass is 254 g/mol. The van der Waals surface area contributed by atoms with E-state index in [1.807, 2.05) is 0 Å². The highest BCUT2D eigenvalue weighted by Crippen LogP contribution is 2.26. The van der Waals surface area contributed by atoms with Gasteiger partial charge in [0.05, 0.1) is 12.2 Å². The van der Waals surface area contributed by atoms with Crippen LogP contribution >= 0.6 is 0 Å². The number of hydrogen-bond acceptors (Lipinski definition) is 3. The van der Waals surface area contributed by atoms with Gasteiger partial charge in [0.25, 0.3) is 0 Å². The molecule has 1 aromatic rings. The Bertz CT molecular complexity index is 406. The number of aliphatic hydroxyl groups is 2. The molecule has 4 heteroatoms. The minimum atomic E-state index is -0.834. The van der Waals surface area contributed by atoms with Gasteiger partial charge in [0, 0.05) is 11.6 Å². The molecule has 0 aliphatic heterocycles. The van der Waals surface area contributed by atoms with Crippen molar-refractivity contribution in [1.82, 2.24) is 0 Å². The van der Waals surface area contributed by atoms with Crippen molar-refractivity contribution in [2.75, 3.05) is 0 Å². The zero-order valence-electron chi connectivity index (χ0n) is 10.5. The summed E-state index contributed by atoms with van der Waals surface area (Å²) < 4.78 is 19.3. The molecule has 3 atom stereocenters. The molecule has 2 rings (SSSR count). The lowest BCUT2D eigenvalue weighted by molar-refractivity contribution is 0.00668. The van der Waals surface area contributed by atoms with Gasteiger partial charge in [-0.1, -0.05) is 6.42 Å². The minimum Gasteiger partial charge on any atom is -0.488 e. The lowest BCUT2D eigenvalue weighted by atomic mass is 9.95. The summed E-state index contributed by atoms with van der Waals surface area (Å²) in [6, 6.07) is 4.42. The molecule has 2 N–H and O–H groups in total. The van der Waals surface area contributed by atoms with Crippen molar-refractivity contribution in [3.63, 3.8) is 0 Å². The van der Waals surface area contributed by atoms with E-state index in [1.165, 1.54) is 19.1 Å². The number of halogens is 1. The quantitative estimate of drug-likeness (QED) is 0.871. The number of ether oxygens (including phenoxy) is 1. The zero-order valence-corrected chi connectivity index (χ0v) is 10.5. The lowest BCUT2D eigenvalue weighted by Gasteiger charge is -2.28. The fourth-order valence-electron chi connectivity index (χ4n) is 2.31. The average molecular weight is 254 g/mol. The molecule has 0 heterocycles. The van der Waals surface area contributed by atoms with Crippen molar-refractivity contribution in [3.05, 3.63) is 29.6 Å². The van der Waals surface area contributed by atoms with Gasteiger partial charge in [-0.3, -0.25) is 0 Å². The van der Waals surface area contributed by atoms with E-state index < -0.39 is 18.0 Å². The molecule has 1 aromatic carbocycles. The zero-order chi connectivity index (χ0) is 13.1. The Morgan fingerprint density at radius 3 is 2.67 bits per heavy atom. The van der Waals surface area contributed by atoms with Crippen LogP contribution in [0.2, 0.25) is 0 Å². The van der Waals surface area contributed by atoms with Crippen molar-refractivity contribution in [2.45, 2.75) is 50.9 Å². The van der Waals surface area contributed by atoms with Crippen LogP contribution in [0, 0.1) is 5.82 Å². The Morgan fingerprint density at radius 2 is 2.06 bits per heavy atom. The van der Waals surface area contributed by atoms with E-state index >= 15 is 0 Å². The summed E-state index contributed by atoms with van der Waals surface area (Å²) >= 11 is 0. The molecule has 1 aliphatic rings. The fourth-order valence-corrected chi connectivity index (χ4v) is 2.31. The van der Waals surface area contributed by atoms with Gasteiger partial charge in [0.1, 0.15) is 17.7 Å². The van der Waals surface area contributed by atoms with Crippen LogP contribution in [0.4, 0.5) is 4.39 Å². The summed E-state index contributed by atoms with van der Waals surface area (Å²) in [6.07, 6.45) is 2.00. The maximum atomic E-state index is 13.6. The van der Waals surface area contributed by atoms with Crippen LogP contribution in [-0.2, 0) is 0 Å². The third-order valence-corrected chi connectivity index (χ3v) is 3.38. The second kappa shape index (κ2) is 5.67. The van der Waals surface area contributed by atoms with Crippen molar-refractivity contribution >= 4 is 0 Å². The standard InChI is InChI=1S/C14H19FO3/c1-9(16)11-7-6-10(8-12(11)15)18-14-5-3-2-4-13(14)17/h6-9,13-14,16-17H,2-5H2,1H3/t9-,13?,14?/m0/s1.